The maximum absolute atomic E-state index is 11.0. The number of nitrogens with one attached hydrogen (secondary N) is 1. The molecule has 0 aliphatic carbocycles. The van der Waals surface area contributed by atoms with E-state index in [4.69, 9.17) is 4.74 Å². The van der Waals surface area contributed by atoms with Crippen LogP contribution in [-0.4, -0.2) is 30.8 Å². The van der Waals surface area contributed by atoms with Gasteiger partial charge in [0.1, 0.15) is 12.1 Å². The summed E-state index contributed by atoms with van der Waals surface area (Å²) in [4.78, 5) is 21.8. The van der Waals surface area contributed by atoms with E-state index in [0.29, 0.717) is 6.61 Å². The van der Waals surface area contributed by atoms with Crippen molar-refractivity contribution < 1.29 is 19.1 Å². The molecule has 0 fully saturated rings. The molecule has 0 saturated heterocycles. The number of ether oxygens (including phenoxy) is 2. The third kappa shape index (κ3) is 12.7. The van der Waals surface area contributed by atoms with Crippen LogP contribution < -0.4 is 5.32 Å². The minimum Gasteiger partial charge on any atom is -0.465 e. The zero-order valence-corrected chi connectivity index (χ0v) is 11.0. The number of hydrogen-bond donors (Lipinski definition) is 1. The molecule has 0 atom stereocenters. The molecule has 1 amide bonds. The highest BCUT2D eigenvalue weighted by Crippen LogP contribution is 2.05. The second kappa shape index (κ2) is 9.00. The molecule has 5 nitrogen and oxygen atoms in total. The Morgan fingerprint density at radius 3 is 2.06 bits per heavy atom. The van der Waals surface area contributed by atoms with Crippen LogP contribution in [0.25, 0.3) is 0 Å². The van der Waals surface area contributed by atoms with E-state index < -0.39 is 17.7 Å². The topological polar surface area (TPSA) is 64.6 Å². The molecule has 0 spiro atoms. The Bertz CT molecular complexity index is 209. The Morgan fingerprint density at radius 1 is 1.19 bits per heavy atom. The lowest BCUT2D eigenvalue weighted by molar-refractivity contribution is -0.142. The van der Waals surface area contributed by atoms with Gasteiger partial charge in [0.05, 0.1) is 6.61 Å². The first-order valence-corrected chi connectivity index (χ1v) is 5.47. The van der Waals surface area contributed by atoms with E-state index >= 15 is 0 Å². The molecule has 5 heteroatoms. The van der Waals surface area contributed by atoms with Gasteiger partial charge in [-0.15, -0.1) is 0 Å². The monoisotopic (exact) mass is 233 g/mol. The molecule has 1 N–H and O–H groups in total. The largest absolute Gasteiger partial charge is 0.465 e. The SMILES string of the molecule is CC.CCOC(=O)CNC(=O)OC(C)(C)C. The third-order valence-electron chi connectivity index (χ3n) is 1.08. The van der Waals surface area contributed by atoms with E-state index in [2.05, 4.69) is 10.1 Å². The molecule has 0 aromatic carbocycles. The number of esters is 1. The van der Waals surface area contributed by atoms with E-state index in [-0.39, 0.29) is 6.54 Å². The average molecular weight is 233 g/mol. The summed E-state index contributed by atoms with van der Waals surface area (Å²) >= 11 is 0. The number of rotatable bonds is 3. The lowest BCUT2D eigenvalue weighted by Gasteiger charge is -2.19. The molecule has 0 rings (SSSR count). The quantitative estimate of drug-likeness (QED) is 0.758. The summed E-state index contributed by atoms with van der Waals surface area (Å²) in [5, 5.41) is 2.29. The molecule has 0 bridgehead atoms. The van der Waals surface area contributed by atoms with Crippen LogP contribution in [0.1, 0.15) is 41.5 Å². The van der Waals surface area contributed by atoms with Gasteiger partial charge in [-0.2, -0.15) is 0 Å². The van der Waals surface area contributed by atoms with E-state index in [9.17, 15) is 9.59 Å². The fourth-order valence-electron chi connectivity index (χ4n) is 0.671. The minimum atomic E-state index is -0.620. The molecule has 0 saturated carbocycles. The van der Waals surface area contributed by atoms with Crippen molar-refractivity contribution in [2.75, 3.05) is 13.2 Å². The highest BCUT2D eigenvalue weighted by atomic mass is 16.6. The lowest BCUT2D eigenvalue weighted by Crippen LogP contribution is -2.36. The van der Waals surface area contributed by atoms with E-state index in [1.165, 1.54) is 0 Å². The Kier molecular flexibility index (Phi) is 9.65. The first-order chi connectivity index (χ1) is 7.35. The second-order valence-corrected chi connectivity index (χ2v) is 3.66. The van der Waals surface area contributed by atoms with Gasteiger partial charge in [-0.25, -0.2) is 4.79 Å². The summed E-state index contributed by atoms with van der Waals surface area (Å²) < 4.78 is 9.52. The molecule has 0 aromatic rings. The van der Waals surface area contributed by atoms with Crippen LogP contribution in [0.2, 0.25) is 0 Å². The maximum atomic E-state index is 11.0. The number of carbonyl (C=O) groups excluding carboxylic acids is 2. The van der Waals surface area contributed by atoms with Crippen molar-refractivity contribution in [3.63, 3.8) is 0 Å². The summed E-state index contributed by atoms with van der Waals surface area (Å²) in [5.74, 6) is -0.474. The van der Waals surface area contributed by atoms with Crippen molar-refractivity contribution in [2.45, 2.75) is 47.1 Å². The number of alkyl carbamates (subject to hydrolysis) is 1. The molecule has 0 aliphatic heterocycles. The van der Waals surface area contributed by atoms with E-state index in [1.807, 2.05) is 13.8 Å². The van der Waals surface area contributed by atoms with Crippen LogP contribution in [0.4, 0.5) is 4.79 Å². The minimum absolute atomic E-state index is 0.164. The summed E-state index contributed by atoms with van der Waals surface area (Å²) in [6, 6.07) is 0. The van der Waals surface area contributed by atoms with Crippen molar-refractivity contribution in [1.82, 2.24) is 5.32 Å². The lowest BCUT2D eigenvalue weighted by atomic mass is 10.2. The molecular weight excluding hydrogens is 210 g/mol. The summed E-state index contributed by atoms with van der Waals surface area (Å²) in [5.41, 5.74) is -0.557. The van der Waals surface area contributed by atoms with Gasteiger partial charge in [0.15, 0.2) is 0 Å². The zero-order valence-electron chi connectivity index (χ0n) is 11.0. The number of amides is 1. The molecule has 0 heterocycles. The first kappa shape index (κ1) is 17.1. The Hall–Kier alpha value is -1.26. The molecule has 96 valence electrons. The van der Waals surface area contributed by atoms with Crippen molar-refractivity contribution in [2.24, 2.45) is 0 Å². The third-order valence-corrected chi connectivity index (χ3v) is 1.08. The predicted octanol–water partition coefficient (Wildman–Crippen LogP) is 2.10. The molecular formula is C11H23NO4. The summed E-state index contributed by atoms with van der Waals surface area (Å²) in [6.45, 7) is 11.1. The summed E-state index contributed by atoms with van der Waals surface area (Å²) in [6.07, 6.45) is -0.620. The molecule has 0 radical (unpaired) electrons. The van der Waals surface area contributed by atoms with Crippen molar-refractivity contribution in [3.05, 3.63) is 0 Å². The van der Waals surface area contributed by atoms with Crippen molar-refractivity contribution in [1.29, 1.82) is 0 Å². The van der Waals surface area contributed by atoms with Gasteiger partial charge in [-0.1, -0.05) is 13.8 Å². The van der Waals surface area contributed by atoms with Crippen LogP contribution in [-0.2, 0) is 14.3 Å². The van der Waals surface area contributed by atoms with Gasteiger partial charge in [0.2, 0.25) is 0 Å². The van der Waals surface area contributed by atoms with Gasteiger partial charge in [-0.05, 0) is 27.7 Å². The Balaban J connectivity index is 0. The maximum Gasteiger partial charge on any atom is 0.408 e. The van der Waals surface area contributed by atoms with Gasteiger partial charge in [0.25, 0.3) is 0 Å². The molecule has 0 aliphatic rings. The fraction of sp³-hybridized carbons (Fsp3) is 0.818. The Labute approximate surface area is 97.5 Å². The Morgan fingerprint density at radius 2 is 1.69 bits per heavy atom. The van der Waals surface area contributed by atoms with E-state index in [1.54, 1.807) is 27.7 Å². The highest BCUT2D eigenvalue weighted by Gasteiger charge is 2.16. The predicted molar refractivity (Wildman–Crippen MR) is 62.2 cm³/mol. The van der Waals surface area contributed by atoms with Crippen molar-refractivity contribution in [3.8, 4) is 0 Å². The second-order valence-electron chi connectivity index (χ2n) is 3.66. The standard InChI is InChI=1S/C9H17NO4.C2H6/c1-5-13-7(11)6-10-8(12)14-9(2,3)4;1-2/h5-6H2,1-4H3,(H,10,12);1-2H3. The van der Waals surface area contributed by atoms with Crippen LogP contribution in [0, 0.1) is 0 Å². The normalized spacial score (nSPS) is 9.62. The zero-order chi connectivity index (χ0) is 13.2. The molecule has 0 aromatic heterocycles. The van der Waals surface area contributed by atoms with Gasteiger partial charge in [0, 0.05) is 0 Å². The smallest absolute Gasteiger partial charge is 0.408 e. The highest BCUT2D eigenvalue weighted by molar-refractivity contribution is 5.77. The van der Waals surface area contributed by atoms with E-state index in [0.717, 1.165) is 0 Å². The van der Waals surface area contributed by atoms with Gasteiger partial charge in [-0.3, -0.25) is 4.79 Å². The average Bonchev–Trinajstić information content (AvgIpc) is 2.16. The van der Waals surface area contributed by atoms with Crippen LogP contribution >= 0.6 is 0 Å². The van der Waals surface area contributed by atoms with Gasteiger partial charge < -0.3 is 14.8 Å². The van der Waals surface area contributed by atoms with Crippen LogP contribution in [0.15, 0.2) is 0 Å². The molecule has 0 unspecified atom stereocenters. The van der Waals surface area contributed by atoms with Crippen LogP contribution in [0.5, 0.6) is 0 Å². The summed E-state index contributed by atoms with van der Waals surface area (Å²) in [7, 11) is 0. The fourth-order valence-corrected chi connectivity index (χ4v) is 0.671. The van der Waals surface area contributed by atoms with Gasteiger partial charge >= 0.3 is 12.1 Å². The van der Waals surface area contributed by atoms with Crippen molar-refractivity contribution >= 4 is 12.1 Å². The molecule has 16 heavy (non-hydrogen) atoms. The number of carbonyl (C=O) groups is 2. The first-order valence-electron chi connectivity index (χ1n) is 5.47. The van der Waals surface area contributed by atoms with Crippen LogP contribution in [0.3, 0.4) is 0 Å². The number of hydrogen-bond acceptors (Lipinski definition) is 4.